The zero-order chi connectivity index (χ0) is 21.0. The summed E-state index contributed by atoms with van der Waals surface area (Å²) >= 11 is 0.997. The van der Waals surface area contributed by atoms with Crippen molar-refractivity contribution in [2.24, 2.45) is 0 Å². The lowest BCUT2D eigenvalue weighted by Gasteiger charge is -2.31. The van der Waals surface area contributed by atoms with Crippen molar-refractivity contribution in [3.8, 4) is 0 Å². The molecule has 158 valence electrons. The van der Waals surface area contributed by atoms with E-state index in [9.17, 15) is 13.2 Å². The first-order valence-electron chi connectivity index (χ1n) is 10.1. The standard InChI is InChI=1S/C21H24N4O3S2/c26-20-15-18(16-9-4-3-5-10-16)25(14-7-2-1-6-13-22-20)30(27,28)19-12-8-11-17-21(19)24-29-23-17/h3-5,8-12,18H,1-2,6-7,13-15H2,(H,22,26). The zero-order valence-electron chi connectivity index (χ0n) is 16.5. The predicted octanol–water partition coefficient (Wildman–Crippen LogP) is 3.50. The first-order chi connectivity index (χ1) is 14.6. The quantitative estimate of drug-likeness (QED) is 0.667. The number of rotatable bonds is 3. The Labute approximate surface area is 180 Å². The van der Waals surface area contributed by atoms with Gasteiger partial charge in [0.2, 0.25) is 15.9 Å². The Morgan fingerprint density at radius 3 is 2.60 bits per heavy atom. The fraction of sp³-hybridized carbons (Fsp3) is 0.381. The zero-order valence-corrected chi connectivity index (χ0v) is 18.2. The Morgan fingerprint density at radius 1 is 0.967 bits per heavy atom. The lowest BCUT2D eigenvalue weighted by atomic mass is 10.0. The summed E-state index contributed by atoms with van der Waals surface area (Å²) in [4.78, 5) is 12.8. The minimum atomic E-state index is -3.90. The van der Waals surface area contributed by atoms with Crippen LogP contribution in [0.3, 0.4) is 0 Å². The molecule has 0 aliphatic carbocycles. The third-order valence-electron chi connectivity index (χ3n) is 5.37. The van der Waals surface area contributed by atoms with Crippen LogP contribution in [0.4, 0.5) is 0 Å². The van der Waals surface area contributed by atoms with Crippen molar-refractivity contribution >= 4 is 38.7 Å². The van der Waals surface area contributed by atoms with E-state index in [0.717, 1.165) is 43.0 Å². The molecule has 0 spiro atoms. The van der Waals surface area contributed by atoms with Crippen LogP contribution >= 0.6 is 11.7 Å². The summed E-state index contributed by atoms with van der Waals surface area (Å²) in [6.45, 7) is 0.972. The summed E-state index contributed by atoms with van der Waals surface area (Å²) in [6, 6.07) is 13.8. The molecular weight excluding hydrogens is 420 g/mol. The second-order valence-electron chi connectivity index (χ2n) is 7.40. The van der Waals surface area contributed by atoms with Crippen LogP contribution in [0.2, 0.25) is 0 Å². The molecule has 1 saturated heterocycles. The van der Waals surface area contributed by atoms with Gasteiger partial charge in [-0.1, -0.05) is 49.2 Å². The molecule has 1 N–H and O–H groups in total. The molecule has 1 aliphatic heterocycles. The van der Waals surface area contributed by atoms with E-state index in [1.165, 1.54) is 4.31 Å². The molecule has 30 heavy (non-hydrogen) atoms. The molecule has 1 aliphatic rings. The van der Waals surface area contributed by atoms with Gasteiger partial charge in [-0.05, 0) is 30.5 Å². The first kappa shape index (κ1) is 20.9. The van der Waals surface area contributed by atoms with Crippen LogP contribution in [0.15, 0.2) is 53.4 Å². The van der Waals surface area contributed by atoms with E-state index in [1.807, 2.05) is 30.3 Å². The van der Waals surface area contributed by atoms with Gasteiger partial charge in [0, 0.05) is 19.5 Å². The lowest BCUT2D eigenvalue weighted by Crippen LogP contribution is -2.38. The van der Waals surface area contributed by atoms with Crippen molar-refractivity contribution in [3.63, 3.8) is 0 Å². The van der Waals surface area contributed by atoms with E-state index in [2.05, 4.69) is 14.1 Å². The van der Waals surface area contributed by atoms with E-state index in [1.54, 1.807) is 18.2 Å². The van der Waals surface area contributed by atoms with Gasteiger partial charge in [0.15, 0.2) is 0 Å². The van der Waals surface area contributed by atoms with Crippen LogP contribution in [-0.4, -0.2) is 40.5 Å². The maximum absolute atomic E-state index is 13.9. The molecule has 2 aromatic carbocycles. The second-order valence-corrected chi connectivity index (χ2v) is 9.79. The van der Waals surface area contributed by atoms with Gasteiger partial charge < -0.3 is 5.32 Å². The topological polar surface area (TPSA) is 92.3 Å². The normalized spacial score (nSPS) is 19.9. The van der Waals surface area contributed by atoms with E-state index >= 15 is 0 Å². The Kier molecular flexibility index (Phi) is 6.40. The molecule has 1 unspecified atom stereocenters. The lowest BCUT2D eigenvalue weighted by molar-refractivity contribution is -0.122. The number of aromatic nitrogens is 2. The molecule has 1 atom stereocenters. The van der Waals surface area contributed by atoms with E-state index in [0.29, 0.717) is 24.1 Å². The molecule has 3 aromatic rings. The summed E-state index contributed by atoms with van der Waals surface area (Å²) in [5.41, 5.74) is 1.75. The first-order valence-corrected chi connectivity index (χ1v) is 12.3. The maximum atomic E-state index is 13.9. The van der Waals surface area contributed by atoms with Crippen molar-refractivity contribution in [2.45, 2.75) is 43.0 Å². The molecular formula is C21H24N4O3S2. The number of fused-ring (bicyclic) bond motifs is 1. The van der Waals surface area contributed by atoms with Crippen molar-refractivity contribution in [3.05, 3.63) is 54.1 Å². The minimum absolute atomic E-state index is 0.0779. The van der Waals surface area contributed by atoms with Gasteiger partial charge in [0.25, 0.3) is 0 Å². The number of carbonyl (C=O) groups is 1. The average Bonchev–Trinajstić information content (AvgIpc) is 3.22. The number of nitrogens with one attached hydrogen (secondary N) is 1. The summed E-state index contributed by atoms with van der Waals surface area (Å²) in [5, 5.41) is 2.94. The van der Waals surface area contributed by atoms with Gasteiger partial charge in [-0.2, -0.15) is 13.1 Å². The molecule has 2 heterocycles. The summed E-state index contributed by atoms with van der Waals surface area (Å²) in [7, 11) is -3.90. The highest BCUT2D eigenvalue weighted by Gasteiger charge is 2.35. The third-order valence-corrected chi connectivity index (χ3v) is 7.86. The molecule has 9 heteroatoms. The number of sulfonamides is 1. The highest BCUT2D eigenvalue weighted by Crippen LogP contribution is 2.33. The summed E-state index contributed by atoms with van der Waals surface area (Å²) in [5.74, 6) is -0.139. The molecule has 0 radical (unpaired) electrons. The van der Waals surface area contributed by atoms with Crippen molar-refractivity contribution in [2.75, 3.05) is 13.1 Å². The van der Waals surface area contributed by atoms with Crippen LogP contribution in [0.5, 0.6) is 0 Å². The number of hydrogen-bond acceptors (Lipinski definition) is 6. The Morgan fingerprint density at radius 2 is 1.77 bits per heavy atom. The highest BCUT2D eigenvalue weighted by molar-refractivity contribution is 7.89. The largest absolute Gasteiger partial charge is 0.356 e. The van der Waals surface area contributed by atoms with Gasteiger partial charge in [-0.3, -0.25) is 4.79 Å². The molecule has 1 aromatic heterocycles. The Hall–Kier alpha value is -2.36. The van der Waals surface area contributed by atoms with Gasteiger partial charge >= 0.3 is 0 Å². The molecule has 7 nitrogen and oxygen atoms in total. The predicted molar refractivity (Wildman–Crippen MR) is 117 cm³/mol. The number of nitrogens with zero attached hydrogens (tertiary/aromatic N) is 3. The summed E-state index contributed by atoms with van der Waals surface area (Å²) < 4.78 is 37.6. The monoisotopic (exact) mass is 444 g/mol. The summed E-state index contributed by atoms with van der Waals surface area (Å²) in [6.07, 6.45) is 3.58. The smallest absolute Gasteiger partial charge is 0.245 e. The van der Waals surface area contributed by atoms with Crippen molar-refractivity contribution < 1.29 is 13.2 Å². The van der Waals surface area contributed by atoms with E-state index in [4.69, 9.17) is 0 Å². The Bertz CT molecular complexity index is 1120. The minimum Gasteiger partial charge on any atom is -0.356 e. The number of amides is 1. The van der Waals surface area contributed by atoms with Gasteiger partial charge in [-0.25, -0.2) is 8.42 Å². The fourth-order valence-corrected chi connectivity index (χ4v) is 6.25. The van der Waals surface area contributed by atoms with Gasteiger partial charge in [0.05, 0.1) is 17.8 Å². The number of benzene rings is 2. The van der Waals surface area contributed by atoms with E-state index < -0.39 is 16.1 Å². The van der Waals surface area contributed by atoms with Crippen molar-refractivity contribution in [1.82, 2.24) is 18.4 Å². The Balaban J connectivity index is 1.81. The van der Waals surface area contributed by atoms with Crippen LogP contribution in [0.25, 0.3) is 11.0 Å². The van der Waals surface area contributed by atoms with Crippen molar-refractivity contribution in [1.29, 1.82) is 0 Å². The van der Waals surface area contributed by atoms with Crippen LogP contribution in [0.1, 0.15) is 43.7 Å². The van der Waals surface area contributed by atoms with Crippen LogP contribution in [-0.2, 0) is 14.8 Å². The molecule has 1 amide bonds. The fourth-order valence-electron chi connectivity index (χ4n) is 3.84. The number of hydrogen-bond donors (Lipinski definition) is 1. The highest BCUT2D eigenvalue weighted by atomic mass is 32.2. The van der Waals surface area contributed by atoms with Crippen LogP contribution < -0.4 is 5.32 Å². The molecule has 0 saturated carbocycles. The third kappa shape index (κ3) is 4.38. The van der Waals surface area contributed by atoms with E-state index in [-0.39, 0.29) is 17.2 Å². The number of carbonyl (C=O) groups excluding carboxylic acids is 1. The van der Waals surface area contributed by atoms with Crippen LogP contribution in [0, 0.1) is 0 Å². The van der Waals surface area contributed by atoms with Gasteiger partial charge in [-0.15, -0.1) is 0 Å². The SMILES string of the molecule is O=C1CC(c2ccccc2)N(S(=O)(=O)c2cccc3nsnc23)CCCCCCN1. The molecule has 1 fully saturated rings. The average molecular weight is 445 g/mol. The molecule has 4 rings (SSSR count). The molecule has 0 bridgehead atoms. The second kappa shape index (κ2) is 9.20. The van der Waals surface area contributed by atoms with Gasteiger partial charge in [0.1, 0.15) is 15.9 Å². The maximum Gasteiger partial charge on any atom is 0.245 e.